The van der Waals surface area contributed by atoms with Gasteiger partial charge in [-0.3, -0.25) is 0 Å². The van der Waals surface area contributed by atoms with Crippen molar-refractivity contribution < 1.29 is 13.5 Å². The lowest BCUT2D eigenvalue weighted by Gasteiger charge is -2.22. The molecule has 31 heavy (non-hydrogen) atoms. The first-order valence-corrected chi connectivity index (χ1v) is 13.1. The van der Waals surface area contributed by atoms with E-state index in [2.05, 4.69) is 10.8 Å². The number of fused-ring (bicyclic) bond motifs is 1. The summed E-state index contributed by atoms with van der Waals surface area (Å²) in [6, 6.07) is 10.9. The van der Waals surface area contributed by atoms with Crippen LogP contribution in [0, 0.1) is 11.8 Å². The van der Waals surface area contributed by atoms with Gasteiger partial charge in [0.25, 0.3) is 0 Å². The summed E-state index contributed by atoms with van der Waals surface area (Å²) in [5.74, 6) is 0.768. The molecule has 0 spiro atoms. The van der Waals surface area contributed by atoms with E-state index in [0.717, 1.165) is 34.4 Å². The summed E-state index contributed by atoms with van der Waals surface area (Å²) in [4.78, 5) is 5.27. The predicted molar refractivity (Wildman–Crippen MR) is 125 cm³/mol. The third-order valence-electron chi connectivity index (χ3n) is 6.46. The molecule has 1 saturated carbocycles. The highest BCUT2D eigenvalue weighted by Gasteiger charge is 2.22. The van der Waals surface area contributed by atoms with Crippen LogP contribution in [0.25, 0.3) is 22.3 Å². The standard InChI is InChI=1S/C25H32N2O3S/c1-17(2)24(28)22-16-27(15-18-7-5-4-6-8-18)25-21(22)13-14-23(26-25)19-9-11-20(12-10-19)31(3,29)30/h9-14,16-18,24,28H,4-8,15H2,1-3H3. The van der Waals surface area contributed by atoms with Gasteiger partial charge in [-0.1, -0.05) is 45.2 Å². The summed E-state index contributed by atoms with van der Waals surface area (Å²) in [7, 11) is -3.23. The van der Waals surface area contributed by atoms with Crippen LogP contribution < -0.4 is 0 Å². The molecule has 4 rings (SSSR count). The maximum Gasteiger partial charge on any atom is 0.175 e. The van der Waals surface area contributed by atoms with Gasteiger partial charge in [-0.05, 0) is 48.9 Å². The molecule has 2 heterocycles. The summed E-state index contributed by atoms with van der Waals surface area (Å²) in [5, 5.41) is 11.8. The largest absolute Gasteiger partial charge is 0.388 e. The first-order chi connectivity index (χ1) is 14.7. The summed E-state index contributed by atoms with van der Waals surface area (Å²) < 4.78 is 25.8. The second kappa shape index (κ2) is 8.75. The van der Waals surface area contributed by atoms with Crippen molar-refractivity contribution in [3.05, 3.63) is 48.2 Å². The minimum atomic E-state index is -3.23. The number of nitrogens with zero attached hydrogens (tertiary/aromatic N) is 2. The van der Waals surface area contributed by atoms with Crippen molar-refractivity contribution in [3.8, 4) is 11.3 Å². The van der Waals surface area contributed by atoms with Gasteiger partial charge in [0, 0.05) is 35.5 Å². The molecule has 1 aliphatic carbocycles. The monoisotopic (exact) mass is 440 g/mol. The Kier molecular flexibility index (Phi) is 6.22. The smallest absolute Gasteiger partial charge is 0.175 e. The number of aliphatic hydroxyl groups excluding tert-OH is 1. The van der Waals surface area contributed by atoms with E-state index in [1.807, 2.05) is 38.1 Å². The molecule has 1 aliphatic rings. The first-order valence-electron chi connectivity index (χ1n) is 11.2. The van der Waals surface area contributed by atoms with Crippen molar-refractivity contribution in [3.63, 3.8) is 0 Å². The van der Waals surface area contributed by atoms with Gasteiger partial charge in [0.05, 0.1) is 16.7 Å². The minimum absolute atomic E-state index is 0.122. The summed E-state index contributed by atoms with van der Waals surface area (Å²) in [6.07, 6.45) is 9.17. The Morgan fingerprint density at radius 3 is 2.35 bits per heavy atom. The highest BCUT2D eigenvalue weighted by atomic mass is 32.2. The lowest BCUT2D eigenvalue weighted by atomic mass is 9.89. The number of hydrogen-bond acceptors (Lipinski definition) is 4. The second-order valence-electron chi connectivity index (χ2n) is 9.29. The van der Waals surface area contributed by atoms with Crippen molar-refractivity contribution in [1.29, 1.82) is 0 Å². The van der Waals surface area contributed by atoms with E-state index in [9.17, 15) is 13.5 Å². The number of sulfone groups is 1. The van der Waals surface area contributed by atoms with E-state index in [0.29, 0.717) is 10.8 Å². The summed E-state index contributed by atoms with van der Waals surface area (Å²) in [5.41, 5.74) is 3.52. The summed E-state index contributed by atoms with van der Waals surface area (Å²) >= 11 is 0. The Labute approximate surface area is 185 Å². The molecule has 0 radical (unpaired) electrons. The fourth-order valence-electron chi connectivity index (χ4n) is 4.61. The van der Waals surface area contributed by atoms with Crippen LogP contribution in [0.1, 0.15) is 57.6 Å². The Hall–Kier alpha value is -2.18. The van der Waals surface area contributed by atoms with Gasteiger partial charge in [0.1, 0.15) is 5.65 Å². The van der Waals surface area contributed by atoms with E-state index in [-0.39, 0.29) is 5.92 Å². The third-order valence-corrected chi connectivity index (χ3v) is 7.59. The average molecular weight is 441 g/mol. The topological polar surface area (TPSA) is 72.2 Å². The quantitative estimate of drug-likeness (QED) is 0.559. The van der Waals surface area contributed by atoms with Crippen LogP contribution in [0.5, 0.6) is 0 Å². The molecule has 1 unspecified atom stereocenters. The molecule has 1 atom stereocenters. The lowest BCUT2D eigenvalue weighted by Crippen LogP contribution is -2.14. The van der Waals surface area contributed by atoms with Gasteiger partial charge in [0.15, 0.2) is 9.84 Å². The zero-order chi connectivity index (χ0) is 22.2. The van der Waals surface area contributed by atoms with E-state index < -0.39 is 15.9 Å². The Bertz CT molecular complexity index is 1160. The van der Waals surface area contributed by atoms with Crippen molar-refractivity contribution in [2.75, 3.05) is 6.26 Å². The molecule has 3 aromatic rings. The van der Waals surface area contributed by atoms with Crippen LogP contribution in [0.15, 0.2) is 47.5 Å². The van der Waals surface area contributed by atoms with Crippen LogP contribution in [0.4, 0.5) is 0 Å². The normalized spacial score (nSPS) is 16.8. The van der Waals surface area contributed by atoms with Gasteiger partial charge in [-0.15, -0.1) is 0 Å². The van der Waals surface area contributed by atoms with Gasteiger partial charge < -0.3 is 9.67 Å². The molecular weight excluding hydrogens is 408 g/mol. The average Bonchev–Trinajstić information content (AvgIpc) is 3.11. The molecule has 2 aromatic heterocycles. The maximum atomic E-state index is 11.8. The number of benzene rings is 1. The highest BCUT2D eigenvalue weighted by molar-refractivity contribution is 7.90. The van der Waals surface area contributed by atoms with Gasteiger partial charge in [-0.25, -0.2) is 13.4 Å². The molecular formula is C25H32N2O3S. The number of pyridine rings is 1. The van der Waals surface area contributed by atoms with Gasteiger partial charge >= 0.3 is 0 Å². The second-order valence-corrected chi connectivity index (χ2v) is 11.3. The van der Waals surface area contributed by atoms with Crippen LogP contribution >= 0.6 is 0 Å². The van der Waals surface area contributed by atoms with Crippen molar-refractivity contribution in [1.82, 2.24) is 9.55 Å². The van der Waals surface area contributed by atoms with Crippen LogP contribution in [0.2, 0.25) is 0 Å². The lowest BCUT2D eigenvalue weighted by molar-refractivity contribution is 0.128. The molecule has 0 saturated heterocycles. The van der Waals surface area contributed by atoms with Crippen molar-refractivity contribution in [2.45, 2.75) is 63.5 Å². The molecule has 1 fully saturated rings. The first kappa shape index (κ1) is 22.0. The molecule has 1 aromatic carbocycles. The molecule has 0 aliphatic heterocycles. The van der Waals surface area contributed by atoms with Crippen molar-refractivity contribution in [2.24, 2.45) is 11.8 Å². The van der Waals surface area contributed by atoms with E-state index >= 15 is 0 Å². The number of aromatic nitrogens is 2. The van der Waals surface area contributed by atoms with Crippen LogP contribution in [0.3, 0.4) is 0 Å². The molecule has 166 valence electrons. The third kappa shape index (κ3) is 4.70. The van der Waals surface area contributed by atoms with E-state index in [1.165, 1.54) is 38.4 Å². The van der Waals surface area contributed by atoms with Crippen LogP contribution in [-0.4, -0.2) is 29.3 Å². The zero-order valence-corrected chi connectivity index (χ0v) is 19.4. The molecule has 0 bridgehead atoms. The molecule has 5 nitrogen and oxygen atoms in total. The zero-order valence-electron chi connectivity index (χ0n) is 18.6. The Balaban J connectivity index is 1.76. The van der Waals surface area contributed by atoms with Gasteiger partial charge in [-0.2, -0.15) is 0 Å². The number of hydrogen-bond donors (Lipinski definition) is 1. The molecule has 0 amide bonds. The molecule has 1 N–H and O–H groups in total. The molecule has 6 heteroatoms. The SMILES string of the molecule is CC(C)C(O)c1cn(CC2CCCCC2)c2nc(-c3ccc(S(C)(=O)=O)cc3)ccc12. The number of rotatable bonds is 6. The van der Waals surface area contributed by atoms with Crippen molar-refractivity contribution >= 4 is 20.9 Å². The maximum absolute atomic E-state index is 11.8. The van der Waals surface area contributed by atoms with Crippen LogP contribution in [-0.2, 0) is 16.4 Å². The van der Waals surface area contributed by atoms with Gasteiger partial charge in [0.2, 0.25) is 0 Å². The fraction of sp³-hybridized carbons (Fsp3) is 0.480. The predicted octanol–water partition coefficient (Wildman–Crippen LogP) is 5.38. The Morgan fingerprint density at radius 1 is 1.06 bits per heavy atom. The number of aliphatic hydroxyl groups is 1. The Morgan fingerprint density at radius 2 is 1.74 bits per heavy atom. The van der Waals surface area contributed by atoms with E-state index in [1.54, 1.807) is 12.1 Å². The minimum Gasteiger partial charge on any atom is -0.388 e. The highest BCUT2D eigenvalue weighted by Crippen LogP contribution is 2.34. The van der Waals surface area contributed by atoms with E-state index in [4.69, 9.17) is 4.98 Å². The fourth-order valence-corrected chi connectivity index (χ4v) is 5.24. The summed E-state index contributed by atoms with van der Waals surface area (Å²) in [6.45, 7) is 4.98.